The fourth-order valence-corrected chi connectivity index (χ4v) is 1.81. The van der Waals surface area contributed by atoms with Crippen LogP contribution in [0.15, 0.2) is 43.0 Å². The molecule has 1 N–H and O–H groups in total. The summed E-state index contributed by atoms with van der Waals surface area (Å²) >= 11 is 0. The van der Waals surface area contributed by atoms with Gasteiger partial charge in [0.1, 0.15) is 13.1 Å². The molecule has 0 fully saturated rings. The van der Waals surface area contributed by atoms with Crippen molar-refractivity contribution in [3.63, 3.8) is 0 Å². The summed E-state index contributed by atoms with van der Waals surface area (Å²) in [5.41, 5.74) is 1.91. The number of aryl methyl sites for hydroxylation is 2. The van der Waals surface area contributed by atoms with Gasteiger partial charge in [0, 0.05) is 23.8 Å². The van der Waals surface area contributed by atoms with Crippen molar-refractivity contribution in [2.75, 3.05) is 0 Å². The average molecular weight is 404 g/mol. The Morgan fingerprint density at radius 2 is 1.11 bits per heavy atom. The second-order valence-corrected chi connectivity index (χ2v) is 4.98. The quantitative estimate of drug-likeness (QED) is 0.462. The minimum Gasteiger partial charge on any atom is -0.502 e. The van der Waals surface area contributed by atoms with Gasteiger partial charge in [-0.05, 0) is 19.4 Å². The van der Waals surface area contributed by atoms with Crippen LogP contribution in [0, 0.1) is 0 Å². The van der Waals surface area contributed by atoms with Crippen LogP contribution in [-0.2, 0) is 13.1 Å². The number of halogens is 8. The lowest BCUT2D eigenvalue weighted by Crippen LogP contribution is -2.31. The van der Waals surface area contributed by atoms with E-state index in [1.165, 1.54) is 0 Å². The first-order valence-corrected chi connectivity index (χ1v) is 7.70. The van der Waals surface area contributed by atoms with Gasteiger partial charge in [0.05, 0.1) is 0 Å². The van der Waals surface area contributed by atoms with E-state index in [0.717, 1.165) is 24.2 Å². The largest absolute Gasteiger partial charge is 0.673 e. The lowest BCUT2D eigenvalue weighted by atomic mass is 10.1. The van der Waals surface area contributed by atoms with Crippen molar-refractivity contribution >= 4 is 14.5 Å². The molecular formula is C14H18B2F8N2O. The number of aromatic hydroxyl groups is 1. The first-order valence-electron chi connectivity index (χ1n) is 7.70. The van der Waals surface area contributed by atoms with Crippen molar-refractivity contribution in [3.8, 4) is 16.9 Å². The Hall–Kier alpha value is -2.33. The molecule has 2 heterocycles. The third-order valence-electron chi connectivity index (χ3n) is 2.93. The molecule has 2 aromatic heterocycles. The SMILES string of the molecule is CC[n+]1ccc(-c2cc[n+](CC)cc2O)cc1.F[B-](F)(F)F.F[B-](F)(F)F. The highest BCUT2D eigenvalue weighted by Crippen LogP contribution is 2.26. The molecule has 27 heavy (non-hydrogen) atoms. The zero-order valence-corrected chi connectivity index (χ0v) is 14.5. The summed E-state index contributed by atoms with van der Waals surface area (Å²) in [6.07, 6.45) is 7.79. The average Bonchev–Trinajstić information content (AvgIpc) is 2.52. The van der Waals surface area contributed by atoms with Crippen molar-refractivity contribution in [1.82, 2.24) is 0 Å². The van der Waals surface area contributed by atoms with E-state index < -0.39 is 14.5 Å². The van der Waals surface area contributed by atoms with Crippen LogP contribution in [-0.4, -0.2) is 19.6 Å². The highest BCUT2D eigenvalue weighted by molar-refractivity contribution is 6.50. The van der Waals surface area contributed by atoms with Crippen molar-refractivity contribution < 1.29 is 48.8 Å². The van der Waals surface area contributed by atoms with Gasteiger partial charge in [-0.2, -0.15) is 0 Å². The van der Waals surface area contributed by atoms with Crippen LogP contribution in [0.2, 0.25) is 0 Å². The maximum absolute atomic E-state index is 9.97. The number of hydrogen-bond acceptors (Lipinski definition) is 1. The minimum absolute atomic E-state index is 0.323. The van der Waals surface area contributed by atoms with Gasteiger partial charge in [0.15, 0.2) is 24.3 Å². The Labute approximate surface area is 151 Å². The van der Waals surface area contributed by atoms with Gasteiger partial charge < -0.3 is 39.6 Å². The summed E-state index contributed by atoms with van der Waals surface area (Å²) in [6.45, 7) is 5.96. The maximum atomic E-state index is 9.97. The van der Waals surface area contributed by atoms with E-state index in [2.05, 4.69) is 11.5 Å². The van der Waals surface area contributed by atoms with Gasteiger partial charge in [-0.3, -0.25) is 0 Å². The van der Waals surface area contributed by atoms with E-state index >= 15 is 0 Å². The molecule has 0 spiro atoms. The van der Waals surface area contributed by atoms with Gasteiger partial charge in [0.25, 0.3) is 0 Å². The van der Waals surface area contributed by atoms with E-state index in [1.807, 2.05) is 48.3 Å². The molecule has 0 bridgehead atoms. The van der Waals surface area contributed by atoms with E-state index in [9.17, 15) is 39.6 Å². The van der Waals surface area contributed by atoms with E-state index in [1.54, 1.807) is 6.20 Å². The van der Waals surface area contributed by atoms with Crippen LogP contribution in [0.3, 0.4) is 0 Å². The third kappa shape index (κ3) is 13.5. The predicted molar refractivity (Wildman–Crippen MR) is 85.7 cm³/mol. The van der Waals surface area contributed by atoms with Crippen LogP contribution in [0.5, 0.6) is 5.75 Å². The summed E-state index contributed by atoms with van der Waals surface area (Å²) in [5, 5.41) is 9.97. The molecule has 13 heteroatoms. The summed E-state index contributed by atoms with van der Waals surface area (Å²) < 4.78 is 82.0. The van der Waals surface area contributed by atoms with Crippen LogP contribution >= 0.6 is 0 Å². The van der Waals surface area contributed by atoms with E-state index in [4.69, 9.17) is 0 Å². The van der Waals surface area contributed by atoms with Gasteiger partial charge in [-0.1, -0.05) is 0 Å². The molecule has 0 aliphatic carbocycles. The molecule has 0 atom stereocenters. The summed E-state index contributed by atoms with van der Waals surface area (Å²) in [7, 11) is -12.0. The predicted octanol–water partition coefficient (Wildman–Crippen LogP) is 4.27. The molecule has 0 unspecified atom stereocenters. The molecule has 0 amide bonds. The topological polar surface area (TPSA) is 28.0 Å². The molecule has 0 saturated heterocycles. The number of hydrogen-bond donors (Lipinski definition) is 1. The Balaban J connectivity index is 0.000000563. The third-order valence-corrected chi connectivity index (χ3v) is 2.93. The molecule has 0 aromatic carbocycles. The second kappa shape index (κ2) is 10.7. The summed E-state index contributed by atoms with van der Waals surface area (Å²) in [5.74, 6) is 0.323. The first kappa shape index (κ1) is 24.7. The monoisotopic (exact) mass is 404 g/mol. The van der Waals surface area contributed by atoms with Crippen molar-refractivity contribution in [1.29, 1.82) is 0 Å². The maximum Gasteiger partial charge on any atom is 0.673 e. The Morgan fingerprint density at radius 1 is 0.741 bits per heavy atom. The summed E-state index contributed by atoms with van der Waals surface area (Å²) in [4.78, 5) is 0. The lowest BCUT2D eigenvalue weighted by molar-refractivity contribution is -0.694. The summed E-state index contributed by atoms with van der Waals surface area (Å²) in [6, 6.07) is 5.99. The molecule has 2 rings (SSSR count). The normalized spacial score (nSPS) is 11.0. The van der Waals surface area contributed by atoms with Gasteiger partial charge >= 0.3 is 14.5 Å². The molecule has 2 aromatic rings. The Kier molecular flexibility index (Phi) is 9.80. The van der Waals surface area contributed by atoms with Gasteiger partial charge in [-0.15, -0.1) is 0 Å². The number of pyridine rings is 2. The number of aromatic nitrogens is 2. The lowest BCUT2D eigenvalue weighted by Gasteiger charge is -2.02. The second-order valence-electron chi connectivity index (χ2n) is 4.98. The zero-order valence-electron chi connectivity index (χ0n) is 14.5. The van der Waals surface area contributed by atoms with Crippen LogP contribution in [0.25, 0.3) is 11.1 Å². The fraction of sp³-hybridized carbons (Fsp3) is 0.286. The zero-order chi connectivity index (χ0) is 21.3. The van der Waals surface area contributed by atoms with E-state index in [-0.39, 0.29) is 0 Å². The molecular weight excluding hydrogens is 386 g/mol. The number of rotatable bonds is 3. The van der Waals surface area contributed by atoms with Crippen LogP contribution in [0.4, 0.5) is 34.5 Å². The Morgan fingerprint density at radius 3 is 1.44 bits per heavy atom. The minimum atomic E-state index is -6.00. The highest BCUT2D eigenvalue weighted by atomic mass is 19.5. The molecule has 0 radical (unpaired) electrons. The Bertz CT molecular complexity index is 669. The molecule has 152 valence electrons. The molecule has 0 aliphatic heterocycles. The van der Waals surface area contributed by atoms with Crippen molar-refractivity contribution in [2.45, 2.75) is 26.9 Å². The van der Waals surface area contributed by atoms with Gasteiger partial charge in [-0.25, -0.2) is 9.13 Å². The smallest absolute Gasteiger partial charge is 0.502 e. The van der Waals surface area contributed by atoms with Crippen LogP contribution < -0.4 is 9.13 Å². The molecule has 0 aliphatic rings. The van der Waals surface area contributed by atoms with Gasteiger partial charge in [0.2, 0.25) is 6.20 Å². The van der Waals surface area contributed by atoms with E-state index in [0.29, 0.717) is 5.75 Å². The van der Waals surface area contributed by atoms with Crippen molar-refractivity contribution in [3.05, 3.63) is 43.0 Å². The van der Waals surface area contributed by atoms with Crippen molar-refractivity contribution in [2.24, 2.45) is 0 Å². The highest BCUT2D eigenvalue weighted by Gasteiger charge is 2.21. The first-order chi connectivity index (χ1) is 12.2. The van der Waals surface area contributed by atoms with Crippen LogP contribution in [0.1, 0.15) is 13.8 Å². The molecule has 0 saturated carbocycles. The fourth-order valence-electron chi connectivity index (χ4n) is 1.81. The standard InChI is InChI=1S/C14H17N2O.2BF4/c1-3-15-8-5-12(6-9-15)13-7-10-16(4-2)11-14(13)17;2*2-1(3,4)5/h5-11H,3-4H2,1-2H3;;/q+1;2*-1/p+1. The number of nitrogens with zero attached hydrogens (tertiary/aromatic N) is 2. The molecule has 3 nitrogen and oxygen atoms in total.